The fourth-order valence-electron chi connectivity index (χ4n) is 1.83. The first-order valence-electron chi connectivity index (χ1n) is 9.17. The molecule has 3 nitrogen and oxygen atoms in total. The fraction of sp³-hybridized carbons (Fsp3) is 0.895. The second kappa shape index (κ2) is 8.63. The van der Waals surface area contributed by atoms with E-state index >= 15 is 0 Å². The highest BCUT2D eigenvalue weighted by molar-refractivity contribution is 6.74. The maximum absolute atomic E-state index is 10.3. The minimum Gasteiger partial charge on any atom is -0.417 e. The minimum atomic E-state index is -1.91. The third-order valence-corrected chi connectivity index (χ3v) is 14.8. The molecule has 0 aliphatic carbocycles. The van der Waals surface area contributed by atoms with E-state index < -0.39 is 22.7 Å². The molecule has 0 bridgehead atoms. The lowest BCUT2D eigenvalue weighted by atomic mass is 10.1. The highest BCUT2D eigenvalue weighted by Crippen LogP contribution is 2.39. The Morgan fingerprint density at radius 1 is 0.958 bits per heavy atom. The Morgan fingerprint density at radius 3 is 1.79 bits per heavy atom. The Bertz CT molecular complexity index is 392. The lowest BCUT2D eigenvalue weighted by Crippen LogP contribution is -2.47. The molecule has 0 radical (unpaired) electrons. The first-order chi connectivity index (χ1) is 10.5. The lowest BCUT2D eigenvalue weighted by Gasteiger charge is -2.40. The van der Waals surface area contributed by atoms with Gasteiger partial charge in [0.2, 0.25) is 0 Å². The van der Waals surface area contributed by atoms with Gasteiger partial charge in [-0.15, -0.1) is 6.58 Å². The van der Waals surface area contributed by atoms with E-state index in [2.05, 4.69) is 74.3 Å². The molecule has 144 valence electrons. The SMILES string of the molecule is C=C[C@H](O)[C@@H](CCCO[Si](C)(C)C(C)(C)C)O[Si](C)(C)C(C)(C)C. The average Bonchev–Trinajstić information content (AvgIpc) is 2.38. The maximum Gasteiger partial charge on any atom is 0.192 e. The van der Waals surface area contributed by atoms with Gasteiger partial charge in [0.25, 0.3) is 0 Å². The summed E-state index contributed by atoms with van der Waals surface area (Å²) in [6.45, 7) is 26.9. The average molecular weight is 375 g/mol. The van der Waals surface area contributed by atoms with Crippen molar-refractivity contribution in [3.8, 4) is 0 Å². The van der Waals surface area contributed by atoms with Crippen molar-refractivity contribution in [3.63, 3.8) is 0 Å². The van der Waals surface area contributed by atoms with E-state index in [0.29, 0.717) is 0 Å². The van der Waals surface area contributed by atoms with Crippen LogP contribution in [0.25, 0.3) is 0 Å². The van der Waals surface area contributed by atoms with E-state index in [0.717, 1.165) is 19.4 Å². The van der Waals surface area contributed by atoms with E-state index in [-0.39, 0.29) is 16.2 Å². The van der Waals surface area contributed by atoms with Crippen LogP contribution in [0.1, 0.15) is 54.4 Å². The molecule has 0 aromatic carbocycles. The Hall–Kier alpha value is 0.0538. The molecule has 0 aromatic rings. The van der Waals surface area contributed by atoms with E-state index in [1.54, 1.807) is 6.08 Å². The smallest absolute Gasteiger partial charge is 0.192 e. The summed E-state index contributed by atoms with van der Waals surface area (Å²) in [4.78, 5) is 0. The molecule has 0 heterocycles. The van der Waals surface area contributed by atoms with Gasteiger partial charge in [-0.25, -0.2) is 0 Å². The van der Waals surface area contributed by atoms with Crippen molar-refractivity contribution in [2.45, 2.75) is 103 Å². The Kier molecular flexibility index (Phi) is 8.65. The largest absolute Gasteiger partial charge is 0.417 e. The summed E-state index contributed by atoms with van der Waals surface area (Å²) < 4.78 is 12.7. The second-order valence-corrected chi connectivity index (χ2v) is 19.5. The number of hydrogen-bond acceptors (Lipinski definition) is 3. The molecule has 0 saturated carbocycles. The van der Waals surface area contributed by atoms with E-state index in [4.69, 9.17) is 8.85 Å². The van der Waals surface area contributed by atoms with Gasteiger partial charge in [0, 0.05) is 6.61 Å². The zero-order chi connectivity index (χ0) is 19.4. The Labute approximate surface area is 153 Å². The van der Waals surface area contributed by atoms with Crippen LogP contribution in [0.2, 0.25) is 36.3 Å². The quantitative estimate of drug-likeness (QED) is 0.318. The predicted molar refractivity (Wildman–Crippen MR) is 111 cm³/mol. The highest BCUT2D eigenvalue weighted by atomic mass is 28.4. The molecular formula is C19H42O3Si2. The fourth-order valence-corrected chi connectivity index (χ4v) is 4.29. The summed E-state index contributed by atoms with van der Waals surface area (Å²) in [6, 6.07) is 0. The highest BCUT2D eigenvalue weighted by Gasteiger charge is 2.40. The van der Waals surface area contributed by atoms with E-state index in [1.807, 2.05) is 0 Å². The molecule has 24 heavy (non-hydrogen) atoms. The monoisotopic (exact) mass is 374 g/mol. The Morgan fingerprint density at radius 2 is 1.42 bits per heavy atom. The zero-order valence-electron chi connectivity index (χ0n) is 17.8. The molecule has 0 unspecified atom stereocenters. The van der Waals surface area contributed by atoms with Gasteiger partial charge in [0.15, 0.2) is 16.6 Å². The summed E-state index contributed by atoms with van der Waals surface area (Å²) in [7, 11) is -3.62. The molecule has 0 amide bonds. The predicted octanol–water partition coefficient (Wildman–Crippen LogP) is 5.73. The lowest BCUT2D eigenvalue weighted by molar-refractivity contribution is 0.0472. The van der Waals surface area contributed by atoms with Crippen LogP contribution in [0.4, 0.5) is 0 Å². The van der Waals surface area contributed by atoms with Crippen molar-refractivity contribution in [1.29, 1.82) is 0 Å². The molecule has 0 saturated heterocycles. The second-order valence-electron chi connectivity index (χ2n) is 9.89. The van der Waals surface area contributed by atoms with E-state index in [9.17, 15) is 5.11 Å². The molecule has 0 spiro atoms. The summed E-state index contributed by atoms with van der Waals surface area (Å²) in [5, 5.41) is 10.6. The first-order valence-corrected chi connectivity index (χ1v) is 15.0. The van der Waals surface area contributed by atoms with Gasteiger partial charge in [-0.2, -0.15) is 0 Å². The standard InChI is InChI=1S/C19H42O3Si2/c1-12-16(20)17(22-24(10,11)19(5,6)7)14-13-15-21-23(8,9)18(2,3)4/h12,16-17,20H,1,13-15H2,2-11H3/t16-,17+/m0/s1. The Balaban J connectivity index is 4.71. The summed E-state index contributed by atoms with van der Waals surface area (Å²) in [6.07, 6.45) is 2.48. The number of hydrogen-bond donors (Lipinski definition) is 1. The van der Waals surface area contributed by atoms with Crippen molar-refractivity contribution >= 4 is 16.6 Å². The van der Waals surface area contributed by atoms with Crippen LogP contribution >= 0.6 is 0 Å². The third kappa shape index (κ3) is 7.12. The number of rotatable bonds is 9. The zero-order valence-corrected chi connectivity index (χ0v) is 19.8. The van der Waals surface area contributed by atoms with Crippen LogP contribution < -0.4 is 0 Å². The molecule has 2 atom stereocenters. The molecule has 5 heteroatoms. The summed E-state index contributed by atoms with van der Waals surface area (Å²) in [5.74, 6) is 0. The molecule has 0 rings (SSSR count). The van der Waals surface area contributed by atoms with E-state index in [1.165, 1.54) is 0 Å². The van der Waals surface area contributed by atoms with Gasteiger partial charge in [-0.1, -0.05) is 47.6 Å². The van der Waals surface area contributed by atoms with Gasteiger partial charge >= 0.3 is 0 Å². The molecule has 0 aliphatic rings. The van der Waals surface area contributed by atoms with Crippen LogP contribution in [-0.4, -0.2) is 40.6 Å². The van der Waals surface area contributed by atoms with Gasteiger partial charge in [-0.3, -0.25) is 0 Å². The van der Waals surface area contributed by atoms with Crippen molar-refractivity contribution in [2.24, 2.45) is 0 Å². The van der Waals surface area contributed by atoms with Gasteiger partial charge in [-0.05, 0) is 49.1 Å². The maximum atomic E-state index is 10.3. The number of aliphatic hydroxyl groups is 1. The van der Waals surface area contributed by atoms with Gasteiger partial charge in [0.05, 0.1) is 12.2 Å². The van der Waals surface area contributed by atoms with Crippen LogP contribution in [0.15, 0.2) is 12.7 Å². The van der Waals surface area contributed by atoms with Gasteiger partial charge < -0.3 is 14.0 Å². The van der Waals surface area contributed by atoms with Crippen molar-refractivity contribution in [3.05, 3.63) is 12.7 Å². The first kappa shape index (κ1) is 24.1. The van der Waals surface area contributed by atoms with Crippen molar-refractivity contribution < 1.29 is 14.0 Å². The molecule has 0 aliphatic heterocycles. The molecule has 0 aromatic heterocycles. The van der Waals surface area contributed by atoms with Gasteiger partial charge in [0.1, 0.15) is 0 Å². The minimum absolute atomic E-state index is 0.129. The van der Waals surface area contributed by atoms with Crippen molar-refractivity contribution in [1.82, 2.24) is 0 Å². The van der Waals surface area contributed by atoms with Crippen LogP contribution in [0.5, 0.6) is 0 Å². The van der Waals surface area contributed by atoms with Crippen molar-refractivity contribution in [2.75, 3.05) is 6.61 Å². The molecular weight excluding hydrogens is 332 g/mol. The topological polar surface area (TPSA) is 38.7 Å². The van der Waals surface area contributed by atoms with Crippen LogP contribution in [0.3, 0.4) is 0 Å². The summed E-state index contributed by atoms with van der Waals surface area (Å²) in [5.41, 5.74) is 0. The third-order valence-electron chi connectivity index (χ3n) is 5.78. The number of aliphatic hydroxyl groups excluding tert-OH is 1. The molecule has 0 fully saturated rings. The van der Waals surface area contributed by atoms with Crippen LogP contribution in [0, 0.1) is 0 Å². The normalized spacial score (nSPS) is 16.8. The van der Waals surface area contributed by atoms with Crippen LogP contribution in [-0.2, 0) is 8.85 Å². The summed E-state index contributed by atoms with van der Waals surface area (Å²) >= 11 is 0. The molecule has 1 N–H and O–H groups in total.